The van der Waals surface area contributed by atoms with Gasteiger partial charge in [-0.15, -0.1) is 10.2 Å². The molecule has 184 valence electrons. The minimum Gasteiger partial charge on any atom is -0.489 e. The summed E-state index contributed by atoms with van der Waals surface area (Å²) in [6.45, 7) is 7.39. The van der Waals surface area contributed by atoms with Crippen molar-refractivity contribution in [1.82, 2.24) is 24.9 Å². The predicted molar refractivity (Wildman–Crippen MR) is 129 cm³/mol. The van der Waals surface area contributed by atoms with Gasteiger partial charge in [0.25, 0.3) is 6.47 Å². The van der Waals surface area contributed by atoms with Crippen LogP contribution in [0, 0.1) is 6.92 Å². The number of ether oxygens (including phenoxy) is 1. The number of hydrogen-bond acceptors (Lipinski definition) is 9. The van der Waals surface area contributed by atoms with Crippen molar-refractivity contribution in [3.63, 3.8) is 0 Å². The van der Waals surface area contributed by atoms with Gasteiger partial charge in [-0.1, -0.05) is 22.9 Å². The normalized spacial score (nSPS) is 14.3. The summed E-state index contributed by atoms with van der Waals surface area (Å²) in [5.74, 6) is 0.650. The van der Waals surface area contributed by atoms with Crippen molar-refractivity contribution in [2.75, 3.05) is 19.7 Å². The first-order valence-corrected chi connectivity index (χ1v) is 11.9. The zero-order valence-electron chi connectivity index (χ0n) is 19.2. The van der Waals surface area contributed by atoms with E-state index in [0.29, 0.717) is 29.0 Å². The molecule has 0 saturated heterocycles. The van der Waals surface area contributed by atoms with E-state index in [1.54, 1.807) is 0 Å². The van der Waals surface area contributed by atoms with Gasteiger partial charge < -0.3 is 20.1 Å². The third kappa shape index (κ3) is 6.10. The summed E-state index contributed by atoms with van der Waals surface area (Å²) in [4.78, 5) is 10.5. The van der Waals surface area contributed by atoms with Gasteiger partial charge in [0.2, 0.25) is 5.13 Å². The zero-order valence-corrected chi connectivity index (χ0v) is 20.8. The van der Waals surface area contributed by atoms with Crippen LogP contribution in [0.3, 0.4) is 0 Å². The van der Waals surface area contributed by atoms with Gasteiger partial charge in [0.15, 0.2) is 0 Å². The van der Waals surface area contributed by atoms with E-state index in [1.165, 1.54) is 11.3 Å². The van der Waals surface area contributed by atoms with Gasteiger partial charge in [-0.2, -0.15) is 5.10 Å². The average molecular weight is 510 g/mol. The molecule has 3 aromatic rings. The second kappa shape index (κ2) is 11.7. The lowest BCUT2D eigenvalue weighted by molar-refractivity contribution is -0.122. The molecule has 1 aromatic carbocycles. The molecular formula is C22H28ClN5O5S. The lowest BCUT2D eigenvalue weighted by atomic mass is 10.1. The van der Waals surface area contributed by atoms with Gasteiger partial charge in [0, 0.05) is 42.9 Å². The lowest BCUT2D eigenvalue weighted by Gasteiger charge is -2.27. The molecule has 0 fully saturated rings. The van der Waals surface area contributed by atoms with Crippen molar-refractivity contribution in [3.05, 3.63) is 40.2 Å². The fourth-order valence-corrected chi connectivity index (χ4v) is 4.74. The van der Waals surface area contributed by atoms with Crippen LogP contribution in [0.5, 0.6) is 5.75 Å². The SMILES string of the molecule is Cc1c2c(nn1-c1nnc(-c3ccc(OC(C)C)c(Cl)c3)s1)CCN(C[C@@H](O)CO)C2.O=CO. The van der Waals surface area contributed by atoms with Gasteiger partial charge in [0.05, 0.1) is 29.5 Å². The van der Waals surface area contributed by atoms with Gasteiger partial charge in [-0.25, -0.2) is 4.68 Å². The van der Waals surface area contributed by atoms with Crippen molar-refractivity contribution in [2.45, 2.75) is 45.9 Å². The third-order valence-electron chi connectivity index (χ3n) is 5.19. The summed E-state index contributed by atoms with van der Waals surface area (Å²) in [5, 5.41) is 41.2. The fraction of sp³-hybridized carbons (Fsp3) is 0.455. The first kappa shape index (κ1) is 26.0. The molecule has 3 N–H and O–H groups in total. The number of β-amino-alcohol motifs (C(OH)–C–C–N with tert-alkyl or cyclic N) is 1. The maximum absolute atomic E-state index is 9.75. The molecule has 0 unspecified atom stereocenters. The standard InChI is InChI=1S/C21H26ClN5O3S.CH2O2/c1-12(2)30-19-5-4-14(8-17(19)22)20-23-24-21(31-20)27-13(3)16-10-26(9-15(29)11-28)7-6-18(16)25-27;2-1-3/h4-5,8,12,15,28-29H,6-7,9-11H2,1-3H3;1H,(H,2,3)/t15-;/m1./s1. The number of aliphatic hydroxyl groups is 2. The second-order valence-corrected chi connectivity index (χ2v) is 9.41. The smallest absolute Gasteiger partial charge is 0.290 e. The van der Waals surface area contributed by atoms with Crippen molar-refractivity contribution in [3.8, 4) is 21.5 Å². The molecule has 1 aliphatic rings. The quantitative estimate of drug-likeness (QED) is 0.411. The first-order valence-electron chi connectivity index (χ1n) is 10.7. The molecule has 0 amide bonds. The van der Waals surface area contributed by atoms with Crippen LogP contribution in [0.4, 0.5) is 0 Å². The molecular weight excluding hydrogens is 482 g/mol. The summed E-state index contributed by atoms with van der Waals surface area (Å²) >= 11 is 7.83. The predicted octanol–water partition coefficient (Wildman–Crippen LogP) is 2.55. The Bertz CT molecular complexity index is 1120. The van der Waals surface area contributed by atoms with E-state index in [9.17, 15) is 5.11 Å². The van der Waals surface area contributed by atoms with E-state index in [0.717, 1.165) is 40.5 Å². The second-order valence-electron chi connectivity index (χ2n) is 8.05. The van der Waals surface area contributed by atoms with Gasteiger partial charge in [-0.3, -0.25) is 9.69 Å². The molecule has 0 aliphatic carbocycles. The molecule has 0 saturated carbocycles. The van der Waals surface area contributed by atoms with Crippen molar-refractivity contribution in [2.24, 2.45) is 0 Å². The number of carboxylic acid groups (broad SMARTS) is 1. The maximum atomic E-state index is 9.75. The summed E-state index contributed by atoms with van der Waals surface area (Å²) in [5.41, 5.74) is 4.08. The molecule has 1 atom stereocenters. The van der Waals surface area contributed by atoms with Crippen LogP contribution in [-0.4, -0.2) is 78.6 Å². The molecule has 0 radical (unpaired) electrons. The topological polar surface area (TPSA) is 134 Å². The van der Waals surface area contributed by atoms with Gasteiger partial charge in [0.1, 0.15) is 10.8 Å². The Kier molecular flexibility index (Phi) is 8.97. The van der Waals surface area contributed by atoms with Crippen LogP contribution in [0.25, 0.3) is 15.7 Å². The van der Waals surface area contributed by atoms with E-state index in [4.69, 9.17) is 36.4 Å². The minimum absolute atomic E-state index is 0.0492. The van der Waals surface area contributed by atoms with E-state index >= 15 is 0 Å². The largest absolute Gasteiger partial charge is 0.489 e. The number of carbonyl (C=O) groups is 1. The summed E-state index contributed by atoms with van der Waals surface area (Å²) < 4.78 is 7.54. The summed E-state index contributed by atoms with van der Waals surface area (Å²) in [6.07, 6.45) is 0.111. The van der Waals surface area contributed by atoms with Crippen molar-refractivity contribution < 1.29 is 24.9 Å². The number of halogens is 1. The highest BCUT2D eigenvalue weighted by Gasteiger charge is 2.25. The van der Waals surface area contributed by atoms with Crippen molar-refractivity contribution >= 4 is 29.4 Å². The molecule has 34 heavy (non-hydrogen) atoms. The highest BCUT2D eigenvalue weighted by Crippen LogP contribution is 2.34. The number of fused-ring (bicyclic) bond motifs is 1. The van der Waals surface area contributed by atoms with Crippen LogP contribution in [0.15, 0.2) is 18.2 Å². The lowest BCUT2D eigenvalue weighted by Crippen LogP contribution is -2.37. The number of rotatable bonds is 7. The number of nitrogens with zero attached hydrogens (tertiary/aromatic N) is 5. The van der Waals surface area contributed by atoms with Crippen molar-refractivity contribution in [1.29, 1.82) is 0 Å². The molecule has 3 heterocycles. The molecule has 0 spiro atoms. The molecule has 12 heteroatoms. The molecule has 10 nitrogen and oxygen atoms in total. The van der Waals surface area contributed by atoms with E-state index in [1.807, 2.05) is 43.7 Å². The molecule has 1 aliphatic heterocycles. The highest BCUT2D eigenvalue weighted by molar-refractivity contribution is 7.17. The number of aromatic nitrogens is 4. The minimum atomic E-state index is -0.730. The van der Waals surface area contributed by atoms with Crippen LogP contribution >= 0.6 is 22.9 Å². The summed E-state index contributed by atoms with van der Waals surface area (Å²) in [6, 6.07) is 5.63. The monoisotopic (exact) mass is 509 g/mol. The van der Waals surface area contributed by atoms with Crippen LogP contribution < -0.4 is 4.74 Å². The van der Waals surface area contributed by atoms with E-state index in [-0.39, 0.29) is 19.2 Å². The number of aliphatic hydroxyl groups excluding tert-OH is 2. The molecule has 4 rings (SSSR count). The Morgan fingerprint density at radius 1 is 1.32 bits per heavy atom. The van der Waals surface area contributed by atoms with Crippen LogP contribution in [0.1, 0.15) is 30.8 Å². The Hall–Kier alpha value is -2.57. The van der Waals surface area contributed by atoms with Gasteiger partial charge in [-0.05, 0) is 39.0 Å². The Morgan fingerprint density at radius 3 is 2.71 bits per heavy atom. The zero-order chi connectivity index (χ0) is 24.8. The summed E-state index contributed by atoms with van der Waals surface area (Å²) in [7, 11) is 0. The Labute approximate surface area is 206 Å². The van der Waals surface area contributed by atoms with Gasteiger partial charge >= 0.3 is 0 Å². The Balaban J connectivity index is 0.00000103. The number of hydrogen-bond donors (Lipinski definition) is 3. The average Bonchev–Trinajstić information content (AvgIpc) is 3.40. The third-order valence-corrected chi connectivity index (χ3v) is 6.43. The Morgan fingerprint density at radius 2 is 2.06 bits per heavy atom. The fourth-order valence-electron chi connectivity index (χ4n) is 3.66. The highest BCUT2D eigenvalue weighted by atomic mass is 35.5. The van der Waals surface area contributed by atoms with Crippen LogP contribution in [0.2, 0.25) is 5.02 Å². The van der Waals surface area contributed by atoms with E-state index in [2.05, 4.69) is 15.1 Å². The first-order chi connectivity index (χ1) is 16.3. The maximum Gasteiger partial charge on any atom is 0.290 e. The van der Waals surface area contributed by atoms with Crippen LogP contribution in [-0.2, 0) is 17.8 Å². The number of benzene rings is 1. The molecule has 0 bridgehead atoms. The molecule has 2 aromatic heterocycles. The van der Waals surface area contributed by atoms with E-state index < -0.39 is 6.10 Å².